The van der Waals surface area contributed by atoms with Crippen LogP contribution >= 0.6 is 11.1 Å². The highest BCUT2D eigenvalue weighted by atomic mass is 35.6. The molecule has 0 radical (unpaired) electrons. The summed E-state index contributed by atoms with van der Waals surface area (Å²) in [5, 5.41) is 0. The minimum absolute atomic E-state index is 0.410. The highest BCUT2D eigenvalue weighted by Crippen LogP contribution is 2.16. The zero-order valence-electron chi connectivity index (χ0n) is 14.8. The second-order valence-corrected chi connectivity index (χ2v) is 10.5. The summed E-state index contributed by atoms with van der Waals surface area (Å²) in [7, 11) is -3.29. The molecule has 0 atom stereocenters. The van der Waals surface area contributed by atoms with E-state index in [1.165, 1.54) is 89.9 Å². The molecule has 0 aromatic heterocycles. The van der Waals surface area contributed by atoms with Crippen molar-refractivity contribution in [2.45, 2.75) is 116 Å². The predicted octanol–water partition coefficient (Wildman–Crippen LogP) is 6.41. The van der Waals surface area contributed by atoms with E-state index in [0.29, 0.717) is 6.04 Å². The molecule has 0 saturated carbocycles. The Morgan fingerprint density at radius 3 is 1.09 bits per heavy atom. The average molecular weight is 351 g/mol. The molecule has 0 aliphatic rings. The van der Waals surface area contributed by atoms with Crippen molar-refractivity contribution < 1.29 is 9.59 Å². The van der Waals surface area contributed by atoms with Crippen LogP contribution in [-0.4, -0.2) is 17.5 Å². The first-order valence-electron chi connectivity index (χ1n) is 9.70. The van der Waals surface area contributed by atoms with Crippen LogP contribution in [0.25, 0.3) is 0 Å². The molecule has 0 unspecified atom stereocenters. The van der Waals surface area contributed by atoms with Crippen molar-refractivity contribution in [2.75, 3.05) is 0 Å². The Balaban J connectivity index is 3.00. The maximum absolute atomic E-state index is 9.09. The van der Waals surface area contributed by atoms with Crippen molar-refractivity contribution in [1.82, 2.24) is 0 Å². The van der Waals surface area contributed by atoms with Crippen LogP contribution in [0.4, 0.5) is 0 Å². The maximum Gasteiger partial charge on any atom is 0.437 e. The summed E-state index contributed by atoms with van der Waals surface area (Å²) in [5.41, 5.74) is 0. The van der Waals surface area contributed by atoms with Gasteiger partial charge in [-0.3, -0.25) is 0 Å². The van der Waals surface area contributed by atoms with Gasteiger partial charge >= 0.3 is 7.87 Å². The zero-order chi connectivity index (χ0) is 16.5. The van der Waals surface area contributed by atoms with Gasteiger partial charge in [-0.1, -0.05) is 121 Å². The van der Waals surface area contributed by atoms with Crippen LogP contribution in [0.15, 0.2) is 0 Å². The smallest absolute Gasteiger partial charge is 0.399 e. The van der Waals surface area contributed by atoms with Gasteiger partial charge < -0.3 is 9.59 Å². The Morgan fingerprint density at radius 1 is 0.545 bits per heavy atom. The van der Waals surface area contributed by atoms with Crippen LogP contribution in [0, 0.1) is 0 Å². The SMILES string of the molecule is CCCCCCCCCCCCCCCCCC[Si](O)(O)Cl. The third-order valence-electron chi connectivity index (χ3n) is 4.35. The summed E-state index contributed by atoms with van der Waals surface area (Å²) in [5.74, 6) is 0. The van der Waals surface area contributed by atoms with E-state index in [4.69, 9.17) is 20.7 Å². The van der Waals surface area contributed by atoms with Gasteiger partial charge in [0.1, 0.15) is 0 Å². The van der Waals surface area contributed by atoms with Crippen molar-refractivity contribution in [1.29, 1.82) is 0 Å². The molecule has 0 saturated heterocycles. The summed E-state index contributed by atoms with van der Waals surface area (Å²) >= 11 is 5.45. The third kappa shape index (κ3) is 20.4. The first kappa shape index (κ1) is 22.4. The van der Waals surface area contributed by atoms with Gasteiger partial charge in [0.15, 0.2) is 0 Å². The lowest BCUT2D eigenvalue weighted by Gasteiger charge is -2.08. The second kappa shape index (κ2) is 16.3. The van der Waals surface area contributed by atoms with Crippen molar-refractivity contribution in [3.8, 4) is 0 Å². The largest absolute Gasteiger partial charge is 0.437 e. The van der Waals surface area contributed by atoms with Crippen LogP contribution in [0.2, 0.25) is 6.04 Å². The molecular weight excluding hydrogens is 312 g/mol. The van der Waals surface area contributed by atoms with Gasteiger partial charge in [-0.2, -0.15) is 0 Å². The third-order valence-corrected chi connectivity index (χ3v) is 5.91. The van der Waals surface area contributed by atoms with E-state index in [2.05, 4.69) is 6.92 Å². The normalized spacial score (nSPS) is 12.0. The molecule has 0 amide bonds. The summed E-state index contributed by atoms with van der Waals surface area (Å²) in [6, 6.07) is 0.410. The average Bonchev–Trinajstić information content (AvgIpc) is 2.45. The Morgan fingerprint density at radius 2 is 0.818 bits per heavy atom. The van der Waals surface area contributed by atoms with Crippen LogP contribution in [0.3, 0.4) is 0 Å². The fraction of sp³-hybridized carbons (Fsp3) is 1.00. The molecule has 2 nitrogen and oxygen atoms in total. The molecule has 4 heteroatoms. The molecule has 0 fully saturated rings. The summed E-state index contributed by atoms with van der Waals surface area (Å²) in [6.07, 6.45) is 21.3. The van der Waals surface area contributed by atoms with Crippen LogP contribution in [0.1, 0.15) is 110 Å². The number of hydrogen-bond acceptors (Lipinski definition) is 2. The Bertz CT molecular complexity index is 220. The summed E-state index contributed by atoms with van der Waals surface area (Å²) in [6.45, 7) is 2.27. The fourth-order valence-electron chi connectivity index (χ4n) is 2.90. The summed E-state index contributed by atoms with van der Waals surface area (Å²) in [4.78, 5) is 18.2. The number of unbranched alkanes of at least 4 members (excludes halogenated alkanes) is 15. The first-order valence-corrected chi connectivity index (χ1v) is 12.8. The zero-order valence-corrected chi connectivity index (χ0v) is 16.5. The molecule has 0 heterocycles. The van der Waals surface area contributed by atoms with Crippen molar-refractivity contribution in [3.63, 3.8) is 0 Å². The first-order chi connectivity index (χ1) is 10.6. The summed E-state index contributed by atoms with van der Waals surface area (Å²) < 4.78 is 0. The molecule has 0 spiro atoms. The monoisotopic (exact) mass is 350 g/mol. The van der Waals surface area contributed by atoms with Crippen LogP contribution in [-0.2, 0) is 0 Å². The second-order valence-electron chi connectivity index (χ2n) is 6.77. The van der Waals surface area contributed by atoms with Gasteiger partial charge in [0.05, 0.1) is 0 Å². The van der Waals surface area contributed by atoms with Gasteiger partial charge in [0.2, 0.25) is 0 Å². The fourth-order valence-corrected chi connectivity index (χ4v) is 4.00. The van der Waals surface area contributed by atoms with Crippen LogP contribution in [0.5, 0.6) is 0 Å². The molecule has 0 aromatic rings. The molecule has 2 N–H and O–H groups in total. The minimum atomic E-state index is -3.29. The topological polar surface area (TPSA) is 40.5 Å². The lowest BCUT2D eigenvalue weighted by Crippen LogP contribution is -2.25. The van der Waals surface area contributed by atoms with E-state index in [1.807, 2.05) is 0 Å². The van der Waals surface area contributed by atoms with Gasteiger partial charge in [-0.05, 0) is 0 Å². The lowest BCUT2D eigenvalue weighted by atomic mass is 10.0. The van der Waals surface area contributed by atoms with E-state index in [1.54, 1.807) is 0 Å². The van der Waals surface area contributed by atoms with Crippen molar-refractivity contribution in [2.24, 2.45) is 0 Å². The maximum atomic E-state index is 9.09. The predicted molar refractivity (Wildman–Crippen MR) is 100 cm³/mol. The Hall–Kier alpha value is 0.427. The number of hydrogen-bond donors (Lipinski definition) is 2. The van der Waals surface area contributed by atoms with Gasteiger partial charge in [0.25, 0.3) is 0 Å². The standard InChI is InChI=1S/C18H39ClO2Si/c1-2-3-4-5-6-7-8-9-10-11-12-13-14-15-16-17-18-22(19,20)21/h20-21H,2-18H2,1H3. The van der Waals surface area contributed by atoms with E-state index >= 15 is 0 Å². The lowest BCUT2D eigenvalue weighted by molar-refractivity contribution is 0.387. The van der Waals surface area contributed by atoms with Crippen molar-refractivity contribution in [3.05, 3.63) is 0 Å². The Kier molecular flexibility index (Phi) is 16.6. The molecule has 0 bridgehead atoms. The molecule has 22 heavy (non-hydrogen) atoms. The van der Waals surface area contributed by atoms with Gasteiger partial charge in [-0.15, -0.1) is 0 Å². The van der Waals surface area contributed by atoms with Crippen LogP contribution < -0.4 is 0 Å². The van der Waals surface area contributed by atoms with Crippen molar-refractivity contribution >= 4 is 18.9 Å². The van der Waals surface area contributed by atoms with Gasteiger partial charge in [-0.25, -0.2) is 0 Å². The van der Waals surface area contributed by atoms with E-state index in [9.17, 15) is 0 Å². The molecule has 134 valence electrons. The molecule has 0 aromatic carbocycles. The number of rotatable bonds is 17. The molecule has 0 aliphatic carbocycles. The molecule has 0 rings (SSSR count). The highest BCUT2D eigenvalue weighted by Gasteiger charge is 2.24. The van der Waals surface area contributed by atoms with E-state index in [0.717, 1.165) is 12.8 Å². The molecular formula is C18H39ClO2Si. The molecule has 0 aliphatic heterocycles. The highest BCUT2D eigenvalue weighted by molar-refractivity contribution is 7.11. The Labute approximate surface area is 144 Å². The van der Waals surface area contributed by atoms with Gasteiger partial charge in [0, 0.05) is 6.04 Å². The van der Waals surface area contributed by atoms with E-state index < -0.39 is 7.87 Å². The quantitative estimate of drug-likeness (QED) is 0.181. The van der Waals surface area contributed by atoms with E-state index in [-0.39, 0.29) is 0 Å². The minimum Gasteiger partial charge on any atom is -0.399 e. The number of halogens is 1.